The van der Waals surface area contributed by atoms with Gasteiger partial charge in [0.1, 0.15) is 11.8 Å². The maximum atomic E-state index is 14.6. The number of nitrogens with zero attached hydrogens (tertiary/aromatic N) is 4. The summed E-state index contributed by atoms with van der Waals surface area (Å²) in [6, 6.07) is -0.596. The monoisotopic (exact) mass is 344 g/mol. The summed E-state index contributed by atoms with van der Waals surface area (Å²) in [5, 5.41) is 0. The highest BCUT2D eigenvalue weighted by atomic mass is 31.2. The molecule has 0 amide bonds. The molecule has 0 aliphatic carbocycles. The molecule has 0 aromatic carbocycles. The van der Waals surface area contributed by atoms with Crippen LogP contribution in [0.5, 0.6) is 0 Å². The predicted octanol–water partition coefficient (Wildman–Crippen LogP) is 2.09. The predicted molar refractivity (Wildman–Crippen MR) is 81.4 cm³/mol. The standard InChI is InChI=1S/C13H18FN4O4P/c1-8(13(4,14)22-7-23(19,20)21)10(3)18-6-17-11-9(2)15-5-16-12(11)18/h5-6,10H,1,7H2,2-4H3,(H2,19,20,21)/t10-,13+/m0/s1. The lowest BCUT2D eigenvalue weighted by molar-refractivity contribution is -0.0911. The fourth-order valence-corrected chi connectivity index (χ4v) is 2.50. The van der Waals surface area contributed by atoms with Gasteiger partial charge in [-0.25, -0.2) is 19.3 Å². The molecule has 0 saturated heterocycles. The number of rotatable bonds is 6. The Balaban J connectivity index is 2.27. The van der Waals surface area contributed by atoms with Gasteiger partial charge in [-0.1, -0.05) is 6.58 Å². The van der Waals surface area contributed by atoms with Gasteiger partial charge in [0.25, 0.3) is 0 Å². The normalized spacial score (nSPS) is 16.3. The molecular formula is C13H18FN4O4P. The molecule has 10 heteroatoms. The molecule has 2 atom stereocenters. The first-order valence-electron chi connectivity index (χ1n) is 6.74. The van der Waals surface area contributed by atoms with Gasteiger partial charge < -0.3 is 19.1 Å². The minimum atomic E-state index is -4.48. The number of fused-ring (bicyclic) bond motifs is 1. The number of hydrogen-bond donors (Lipinski definition) is 2. The van der Waals surface area contributed by atoms with Crippen molar-refractivity contribution in [2.45, 2.75) is 32.7 Å². The van der Waals surface area contributed by atoms with E-state index >= 15 is 0 Å². The highest BCUT2D eigenvalue weighted by molar-refractivity contribution is 7.51. The van der Waals surface area contributed by atoms with Crippen molar-refractivity contribution in [3.63, 3.8) is 0 Å². The molecule has 0 unspecified atom stereocenters. The van der Waals surface area contributed by atoms with Crippen LogP contribution >= 0.6 is 7.60 Å². The van der Waals surface area contributed by atoms with E-state index in [1.54, 1.807) is 18.4 Å². The van der Waals surface area contributed by atoms with E-state index in [1.165, 1.54) is 12.7 Å². The third-order valence-electron chi connectivity index (χ3n) is 3.54. The molecule has 0 fully saturated rings. The Morgan fingerprint density at radius 2 is 2.17 bits per heavy atom. The Morgan fingerprint density at radius 3 is 2.78 bits per heavy atom. The molecule has 0 radical (unpaired) electrons. The van der Waals surface area contributed by atoms with Crippen LogP contribution in [0.1, 0.15) is 25.6 Å². The van der Waals surface area contributed by atoms with Crippen molar-refractivity contribution in [3.05, 3.63) is 30.5 Å². The fraction of sp³-hybridized carbons (Fsp3) is 0.462. The van der Waals surface area contributed by atoms with Crippen LogP contribution in [-0.2, 0) is 9.30 Å². The molecule has 23 heavy (non-hydrogen) atoms. The second kappa shape index (κ2) is 6.09. The maximum absolute atomic E-state index is 14.6. The Morgan fingerprint density at radius 1 is 1.52 bits per heavy atom. The summed E-state index contributed by atoms with van der Waals surface area (Å²) in [6.07, 6.45) is 1.84. The SMILES string of the molecule is C=C([C@H](C)n1cnc2c(C)ncnc21)[C@](C)(F)OCP(=O)(O)O. The van der Waals surface area contributed by atoms with Gasteiger partial charge in [0.05, 0.1) is 18.1 Å². The molecule has 2 heterocycles. The molecule has 8 nitrogen and oxygen atoms in total. The van der Waals surface area contributed by atoms with E-state index in [-0.39, 0.29) is 5.57 Å². The van der Waals surface area contributed by atoms with E-state index in [4.69, 9.17) is 14.5 Å². The van der Waals surface area contributed by atoms with Gasteiger partial charge in [0, 0.05) is 5.57 Å². The number of aryl methyl sites for hydroxylation is 1. The molecule has 2 aromatic heterocycles. The third-order valence-corrected chi connectivity index (χ3v) is 4.01. The van der Waals surface area contributed by atoms with Crippen LogP contribution in [0.4, 0.5) is 4.39 Å². The summed E-state index contributed by atoms with van der Waals surface area (Å²) in [5.41, 5.74) is 1.77. The Kier molecular flexibility index (Phi) is 4.68. The van der Waals surface area contributed by atoms with Crippen LogP contribution < -0.4 is 0 Å². The molecule has 0 aliphatic heterocycles. The van der Waals surface area contributed by atoms with Gasteiger partial charge in [-0.05, 0) is 20.8 Å². The zero-order chi connectivity index (χ0) is 17.4. The number of imidazole rings is 1. The first-order valence-corrected chi connectivity index (χ1v) is 8.53. The van der Waals surface area contributed by atoms with Crippen LogP contribution in [0.15, 0.2) is 24.8 Å². The Hall–Kier alpha value is -1.67. The zero-order valence-corrected chi connectivity index (χ0v) is 13.9. The molecular weight excluding hydrogens is 326 g/mol. The van der Waals surface area contributed by atoms with Crippen molar-refractivity contribution in [3.8, 4) is 0 Å². The van der Waals surface area contributed by atoms with E-state index in [2.05, 4.69) is 21.5 Å². The van der Waals surface area contributed by atoms with Gasteiger partial charge in [-0.15, -0.1) is 0 Å². The summed E-state index contributed by atoms with van der Waals surface area (Å²) in [6.45, 7) is 8.17. The molecule has 0 saturated carbocycles. The van der Waals surface area contributed by atoms with Crippen molar-refractivity contribution < 1.29 is 23.5 Å². The molecule has 2 N–H and O–H groups in total. The lowest BCUT2D eigenvalue weighted by atomic mass is 10.0. The van der Waals surface area contributed by atoms with Gasteiger partial charge in [0.15, 0.2) is 12.0 Å². The minimum absolute atomic E-state index is 0.0125. The number of ether oxygens (including phenoxy) is 1. The molecule has 0 bridgehead atoms. The van der Waals surface area contributed by atoms with Crippen LogP contribution in [0.2, 0.25) is 0 Å². The zero-order valence-electron chi connectivity index (χ0n) is 13.0. The van der Waals surface area contributed by atoms with E-state index in [1.807, 2.05) is 0 Å². The van der Waals surface area contributed by atoms with Crippen LogP contribution in [0.25, 0.3) is 11.2 Å². The number of hydrogen-bond acceptors (Lipinski definition) is 5. The van der Waals surface area contributed by atoms with E-state index < -0.39 is 25.8 Å². The lowest BCUT2D eigenvalue weighted by Gasteiger charge is -2.28. The topological polar surface area (TPSA) is 110 Å². The fourth-order valence-electron chi connectivity index (χ4n) is 2.09. The maximum Gasteiger partial charge on any atom is 0.351 e. The first-order chi connectivity index (χ1) is 10.5. The van der Waals surface area contributed by atoms with E-state index in [0.717, 1.165) is 6.92 Å². The highest BCUT2D eigenvalue weighted by Gasteiger charge is 2.35. The van der Waals surface area contributed by atoms with Gasteiger partial charge in [-0.2, -0.15) is 0 Å². The quantitative estimate of drug-likeness (QED) is 0.610. The largest absolute Gasteiger partial charge is 0.351 e. The number of alkyl halides is 1. The summed E-state index contributed by atoms with van der Waals surface area (Å²) < 4.78 is 31.8. The summed E-state index contributed by atoms with van der Waals surface area (Å²) in [4.78, 5) is 30.0. The third kappa shape index (κ3) is 3.81. The van der Waals surface area contributed by atoms with Crippen LogP contribution in [-0.4, -0.2) is 41.5 Å². The highest BCUT2D eigenvalue weighted by Crippen LogP contribution is 2.39. The van der Waals surface area contributed by atoms with Gasteiger partial charge in [-0.3, -0.25) is 4.57 Å². The van der Waals surface area contributed by atoms with Gasteiger partial charge >= 0.3 is 7.60 Å². The van der Waals surface area contributed by atoms with E-state index in [9.17, 15) is 8.96 Å². The second-order valence-corrected chi connectivity index (χ2v) is 6.93. The van der Waals surface area contributed by atoms with Crippen LogP contribution in [0.3, 0.4) is 0 Å². The average Bonchev–Trinajstić information content (AvgIpc) is 2.88. The lowest BCUT2D eigenvalue weighted by Crippen LogP contribution is -2.30. The summed E-state index contributed by atoms with van der Waals surface area (Å²) in [7, 11) is -4.48. The summed E-state index contributed by atoms with van der Waals surface area (Å²) in [5.74, 6) is -2.42. The molecule has 0 spiro atoms. The molecule has 2 rings (SSSR count). The van der Waals surface area contributed by atoms with Crippen molar-refractivity contribution in [2.24, 2.45) is 0 Å². The van der Waals surface area contributed by atoms with Crippen molar-refractivity contribution in [2.75, 3.05) is 6.35 Å². The molecule has 126 valence electrons. The molecule has 0 aliphatic rings. The van der Waals surface area contributed by atoms with E-state index in [0.29, 0.717) is 16.9 Å². The summed E-state index contributed by atoms with van der Waals surface area (Å²) >= 11 is 0. The van der Waals surface area contributed by atoms with Gasteiger partial charge in [0.2, 0.25) is 5.85 Å². The van der Waals surface area contributed by atoms with Crippen LogP contribution in [0, 0.1) is 6.92 Å². The minimum Gasteiger partial charge on any atom is -0.330 e. The first kappa shape index (κ1) is 17.7. The van der Waals surface area contributed by atoms with Crippen molar-refractivity contribution in [1.82, 2.24) is 19.5 Å². The Labute approximate surface area is 132 Å². The average molecular weight is 344 g/mol. The van der Waals surface area contributed by atoms with Crippen molar-refractivity contribution in [1.29, 1.82) is 0 Å². The Bertz CT molecular complexity index is 785. The number of aromatic nitrogens is 4. The molecule has 2 aromatic rings. The van der Waals surface area contributed by atoms with Crippen molar-refractivity contribution >= 4 is 18.8 Å². The second-order valence-electron chi connectivity index (χ2n) is 5.34. The number of halogens is 1. The smallest absolute Gasteiger partial charge is 0.330 e.